The Hall–Kier alpha value is -3.61. The monoisotopic (exact) mass is 495 g/mol. The first-order chi connectivity index (χ1) is 16.5. The van der Waals surface area contributed by atoms with Crippen LogP contribution in [-0.4, -0.2) is 33.0 Å². The molecule has 0 aliphatic rings. The van der Waals surface area contributed by atoms with Crippen molar-refractivity contribution < 1.29 is 13.6 Å². The Morgan fingerprint density at radius 3 is 2.59 bits per heavy atom. The third-order valence-electron chi connectivity index (χ3n) is 4.92. The lowest BCUT2D eigenvalue weighted by molar-refractivity contribution is -0.116. The fourth-order valence-electron chi connectivity index (χ4n) is 3.29. The largest absolute Gasteiger partial charge is 0.467 e. The zero-order valence-electron chi connectivity index (χ0n) is 17.9. The zero-order valence-corrected chi connectivity index (χ0v) is 19.5. The predicted octanol–water partition coefficient (Wildman–Crippen LogP) is 5.42. The molecule has 7 nitrogen and oxygen atoms in total. The number of thioether (sulfide) groups is 1. The highest BCUT2D eigenvalue weighted by Gasteiger charge is 2.20. The normalized spacial score (nSPS) is 10.7. The molecule has 2 aromatic heterocycles. The second-order valence-electron chi connectivity index (χ2n) is 7.20. The van der Waals surface area contributed by atoms with Crippen molar-refractivity contribution in [2.75, 3.05) is 17.2 Å². The number of nitrogens with zero attached hydrogens (tertiary/aromatic N) is 5. The molecule has 172 valence electrons. The van der Waals surface area contributed by atoms with Gasteiger partial charge in [0.05, 0.1) is 31.1 Å². The summed E-state index contributed by atoms with van der Waals surface area (Å²) in [5, 5.41) is 18.8. The van der Waals surface area contributed by atoms with Gasteiger partial charge >= 0.3 is 0 Å². The first kappa shape index (κ1) is 23.5. The number of carbonyl (C=O) groups is 1. The van der Waals surface area contributed by atoms with Gasteiger partial charge in [-0.3, -0.25) is 9.36 Å². The average molecular weight is 496 g/mol. The van der Waals surface area contributed by atoms with E-state index in [0.717, 1.165) is 5.56 Å². The van der Waals surface area contributed by atoms with E-state index in [-0.39, 0.29) is 24.6 Å². The number of benzene rings is 2. The van der Waals surface area contributed by atoms with E-state index >= 15 is 0 Å². The van der Waals surface area contributed by atoms with Crippen molar-refractivity contribution in [2.45, 2.75) is 18.1 Å². The highest BCUT2D eigenvalue weighted by atomic mass is 35.5. The molecule has 0 aliphatic heterocycles. The van der Waals surface area contributed by atoms with Gasteiger partial charge in [-0.1, -0.05) is 23.4 Å². The lowest BCUT2D eigenvalue weighted by atomic mass is 10.2. The van der Waals surface area contributed by atoms with Crippen molar-refractivity contribution in [3.63, 3.8) is 0 Å². The number of amides is 1. The minimum Gasteiger partial charge on any atom is -0.467 e. The third kappa shape index (κ3) is 5.65. The summed E-state index contributed by atoms with van der Waals surface area (Å²) in [6, 6.07) is 18.6. The lowest BCUT2D eigenvalue weighted by Crippen LogP contribution is -2.33. The number of rotatable bonds is 9. The van der Waals surface area contributed by atoms with E-state index in [9.17, 15) is 9.18 Å². The van der Waals surface area contributed by atoms with E-state index < -0.39 is 5.82 Å². The molecule has 0 fully saturated rings. The number of hydrogen-bond donors (Lipinski definition) is 0. The number of halogens is 2. The Morgan fingerprint density at radius 1 is 1.15 bits per heavy atom. The minimum absolute atomic E-state index is 0.0553. The summed E-state index contributed by atoms with van der Waals surface area (Å²) in [7, 11) is 0. The van der Waals surface area contributed by atoms with E-state index in [1.807, 2.05) is 28.8 Å². The molecule has 0 radical (unpaired) electrons. The molecule has 2 aromatic carbocycles. The molecule has 4 aromatic rings. The van der Waals surface area contributed by atoms with Crippen LogP contribution in [0.15, 0.2) is 76.5 Å². The SMILES string of the molecule is N#CCCN(C(=O)CSc1nnc(-c2ccc(Cl)cc2)n1Cc1ccco1)c1ccc(F)cc1. The quantitative estimate of drug-likeness (QED) is 0.288. The predicted molar refractivity (Wildman–Crippen MR) is 128 cm³/mol. The van der Waals surface area contributed by atoms with Crippen LogP contribution in [0, 0.1) is 17.1 Å². The lowest BCUT2D eigenvalue weighted by Gasteiger charge is -2.21. The second-order valence-corrected chi connectivity index (χ2v) is 8.58. The third-order valence-corrected chi connectivity index (χ3v) is 6.13. The van der Waals surface area contributed by atoms with Gasteiger partial charge in [-0.2, -0.15) is 5.26 Å². The summed E-state index contributed by atoms with van der Waals surface area (Å²) in [6.07, 6.45) is 1.75. The van der Waals surface area contributed by atoms with Crippen LogP contribution in [0.1, 0.15) is 12.2 Å². The van der Waals surface area contributed by atoms with Crippen molar-refractivity contribution in [1.82, 2.24) is 14.8 Å². The van der Waals surface area contributed by atoms with Gasteiger partial charge in [0.1, 0.15) is 11.6 Å². The smallest absolute Gasteiger partial charge is 0.237 e. The molecule has 4 rings (SSSR count). The van der Waals surface area contributed by atoms with E-state index in [1.165, 1.54) is 40.9 Å². The van der Waals surface area contributed by atoms with Crippen LogP contribution in [0.5, 0.6) is 0 Å². The molecule has 0 unspecified atom stereocenters. The van der Waals surface area contributed by atoms with Gasteiger partial charge in [-0.15, -0.1) is 10.2 Å². The first-order valence-corrected chi connectivity index (χ1v) is 11.7. The van der Waals surface area contributed by atoms with Crippen LogP contribution >= 0.6 is 23.4 Å². The number of aromatic nitrogens is 3. The Kier molecular flexibility index (Phi) is 7.62. The van der Waals surface area contributed by atoms with Crippen LogP contribution in [0.3, 0.4) is 0 Å². The number of anilines is 1. The van der Waals surface area contributed by atoms with Crippen LogP contribution in [0.25, 0.3) is 11.4 Å². The molecule has 0 N–H and O–H groups in total. The van der Waals surface area contributed by atoms with Crippen LogP contribution < -0.4 is 4.90 Å². The Bertz CT molecular complexity index is 1280. The number of nitriles is 1. The molecule has 10 heteroatoms. The van der Waals surface area contributed by atoms with Gasteiger partial charge in [-0.25, -0.2) is 4.39 Å². The fourth-order valence-corrected chi connectivity index (χ4v) is 4.23. The number of furan rings is 1. The standard InChI is InChI=1S/C24H19ClFN5O2S/c25-18-6-4-17(5-7-18)23-28-29-24(31(23)15-21-3-1-14-33-21)34-16-22(32)30(13-2-12-27)20-10-8-19(26)9-11-20/h1,3-11,14H,2,13,15-16H2. The minimum atomic E-state index is -0.397. The van der Waals surface area contributed by atoms with Crippen molar-refractivity contribution >= 4 is 35.0 Å². The molecule has 0 aliphatic carbocycles. The molecule has 0 bridgehead atoms. The molecular formula is C24H19ClFN5O2S. The summed E-state index contributed by atoms with van der Waals surface area (Å²) in [5.41, 5.74) is 1.35. The molecule has 2 heterocycles. The summed E-state index contributed by atoms with van der Waals surface area (Å²) < 4.78 is 20.7. The van der Waals surface area contributed by atoms with Gasteiger partial charge in [0.25, 0.3) is 0 Å². The van der Waals surface area contributed by atoms with E-state index in [2.05, 4.69) is 10.2 Å². The molecular weight excluding hydrogens is 477 g/mol. The first-order valence-electron chi connectivity index (χ1n) is 10.3. The summed E-state index contributed by atoms with van der Waals surface area (Å²) >= 11 is 7.25. The number of carbonyl (C=O) groups excluding carboxylic acids is 1. The molecule has 0 atom stereocenters. The topological polar surface area (TPSA) is 88.0 Å². The van der Waals surface area contributed by atoms with Crippen molar-refractivity contribution in [2.24, 2.45) is 0 Å². The fraction of sp³-hybridized carbons (Fsp3) is 0.167. The number of hydrogen-bond acceptors (Lipinski definition) is 6. The Balaban J connectivity index is 1.57. The average Bonchev–Trinajstić information content (AvgIpc) is 3.50. The van der Waals surface area contributed by atoms with Gasteiger partial charge in [0, 0.05) is 22.8 Å². The van der Waals surface area contributed by atoms with Gasteiger partial charge in [0.15, 0.2) is 11.0 Å². The summed E-state index contributed by atoms with van der Waals surface area (Å²) in [5.74, 6) is 0.756. The van der Waals surface area contributed by atoms with E-state index in [0.29, 0.717) is 34.0 Å². The van der Waals surface area contributed by atoms with Crippen LogP contribution in [-0.2, 0) is 11.3 Å². The maximum Gasteiger partial charge on any atom is 0.237 e. The highest BCUT2D eigenvalue weighted by Crippen LogP contribution is 2.27. The molecule has 0 spiro atoms. The van der Waals surface area contributed by atoms with E-state index in [1.54, 1.807) is 24.5 Å². The van der Waals surface area contributed by atoms with Gasteiger partial charge < -0.3 is 9.32 Å². The van der Waals surface area contributed by atoms with Crippen molar-refractivity contribution in [3.8, 4) is 17.5 Å². The summed E-state index contributed by atoms with van der Waals surface area (Å²) in [4.78, 5) is 14.5. The molecule has 34 heavy (non-hydrogen) atoms. The molecule has 0 saturated heterocycles. The highest BCUT2D eigenvalue weighted by molar-refractivity contribution is 7.99. The van der Waals surface area contributed by atoms with E-state index in [4.69, 9.17) is 21.3 Å². The Labute approximate surface area is 204 Å². The van der Waals surface area contributed by atoms with Crippen LogP contribution in [0.4, 0.5) is 10.1 Å². The van der Waals surface area contributed by atoms with Crippen molar-refractivity contribution in [1.29, 1.82) is 5.26 Å². The van der Waals surface area contributed by atoms with Gasteiger partial charge in [0.2, 0.25) is 5.91 Å². The second kappa shape index (κ2) is 11.0. The van der Waals surface area contributed by atoms with Gasteiger partial charge in [-0.05, 0) is 60.7 Å². The molecule has 1 amide bonds. The van der Waals surface area contributed by atoms with Crippen molar-refractivity contribution in [3.05, 3.63) is 83.5 Å². The molecule has 0 saturated carbocycles. The van der Waals surface area contributed by atoms with Crippen LogP contribution in [0.2, 0.25) is 5.02 Å². The maximum atomic E-state index is 13.3. The summed E-state index contributed by atoms with van der Waals surface area (Å²) in [6.45, 7) is 0.585. The maximum absolute atomic E-state index is 13.3. The zero-order chi connectivity index (χ0) is 23.9. The Morgan fingerprint density at radius 2 is 1.91 bits per heavy atom.